The zero-order valence-electron chi connectivity index (χ0n) is 17.1. The summed E-state index contributed by atoms with van der Waals surface area (Å²) in [6.07, 6.45) is -0.999. The highest BCUT2D eigenvalue weighted by Gasteiger charge is 2.31. The van der Waals surface area contributed by atoms with E-state index in [1.54, 1.807) is 0 Å². The van der Waals surface area contributed by atoms with Crippen molar-refractivity contribution in [2.75, 3.05) is 12.3 Å². The van der Waals surface area contributed by atoms with E-state index in [0.29, 0.717) is 19.4 Å². The van der Waals surface area contributed by atoms with Crippen LogP contribution in [-0.4, -0.2) is 87.5 Å². The number of aliphatic hydroxyl groups is 1. The first kappa shape index (κ1) is 28.6. The molecule has 0 heterocycles. The number of amides is 3. The van der Waals surface area contributed by atoms with Crippen LogP contribution in [0.3, 0.4) is 0 Å². The molecule has 14 heteroatoms. The van der Waals surface area contributed by atoms with Crippen LogP contribution in [0, 0.1) is 0 Å². The number of nitrogens with one attached hydrogen (secondary N) is 3. The van der Waals surface area contributed by atoms with Gasteiger partial charge in [-0.05, 0) is 32.7 Å². The van der Waals surface area contributed by atoms with E-state index < -0.39 is 66.4 Å². The van der Waals surface area contributed by atoms with Crippen LogP contribution < -0.4 is 27.4 Å². The standard InChI is InChI=1S/C17H31N5O8S/c1-8(23)13(19)16(28)22-11(7-31)15(27)21-10(6-12(24)25)14(26)20-9(17(29)30)4-2-3-5-18/h8-11,13,23,31H,2-7,18-19H2,1H3,(H,20,26)(H,21,27)(H,22,28)(H,24,25)(H,29,30). The number of rotatable bonds is 15. The van der Waals surface area contributed by atoms with Crippen molar-refractivity contribution in [1.29, 1.82) is 0 Å². The van der Waals surface area contributed by atoms with Gasteiger partial charge in [0.15, 0.2) is 0 Å². The molecular weight excluding hydrogens is 434 g/mol. The van der Waals surface area contributed by atoms with E-state index in [1.165, 1.54) is 6.92 Å². The van der Waals surface area contributed by atoms with Gasteiger partial charge in [0.2, 0.25) is 17.7 Å². The number of unbranched alkanes of at least 4 members (excludes halogenated alkanes) is 1. The summed E-state index contributed by atoms with van der Waals surface area (Å²) >= 11 is 3.94. The van der Waals surface area contributed by atoms with Gasteiger partial charge in [0, 0.05) is 5.75 Å². The number of carboxylic acid groups (broad SMARTS) is 2. The van der Waals surface area contributed by atoms with Crippen LogP contribution in [0.2, 0.25) is 0 Å². The van der Waals surface area contributed by atoms with Crippen LogP contribution in [0.4, 0.5) is 0 Å². The first-order valence-corrected chi connectivity index (χ1v) is 10.2. The maximum atomic E-state index is 12.5. The third-order valence-electron chi connectivity index (χ3n) is 4.21. The van der Waals surface area contributed by atoms with Crippen LogP contribution in [-0.2, 0) is 24.0 Å². The lowest BCUT2D eigenvalue weighted by Gasteiger charge is -2.24. The lowest BCUT2D eigenvalue weighted by atomic mass is 10.1. The predicted molar refractivity (Wildman–Crippen MR) is 112 cm³/mol. The highest BCUT2D eigenvalue weighted by atomic mass is 32.1. The molecule has 0 fully saturated rings. The minimum absolute atomic E-state index is 0.0680. The maximum Gasteiger partial charge on any atom is 0.326 e. The van der Waals surface area contributed by atoms with Gasteiger partial charge in [-0.15, -0.1) is 0 Å². The molecule has 0 saturated heterocycles. The maximum absolute atomic E-state index is 12.5. The van der Waals surface area contributed by atoms with Gasteiger partial charge >= 0.3 is 11.9 Å². The van der Waals surface area contributed by atoms with E-state index in [1.807, 2.05) is 0 Å². The summed E-state index contributed by atoms with van der Waals surface area (Å²) < 4.78 is 0. The Kier molecular flexibility index (Phi) is 13.4. The SMILES string of the molecule is CC(O)C(N)C(=O)NC(CS)C(=O)NC(CC(=O)O)C(=O)NC(CCCCN)C(=O)O. The average Bonchev–Trinajstić information content (AvgIpc) is 2.69. The normalized spacial score (nSPS) is 15.6. The Hall–Kier alpha value is -2.42. The summed E-state index contributed by atoms with van der Waals surface area (Å²) in [5, 5.41) is 34.3. The van der Waals surface area contributed by atoms with Crippen LogP contribution in [0.1, 0.15) is 32.6 Å². The van der Waals surface area contributed by atoms with Gasteiger partial charge in [-0.1, -0.05) is 0 Å². The van der Waals surface area contributed by atoms with Gasteiger partial charge in [-0.25, -0.2) is 4.79 Å². The highest BCUT2D eigenvalue weighted by Crippen LogP contribution is 2.04. The molecule has 0 aromatic carbocycles. The molecule has 0 aliphatic rings. The van der Waals surface area contributed by atoms with Crippen molar-refractivity contribution >= 4 is 42.3 Å². The Morgan fingerprint density at radius 1 is 0.903 bits per heavy atom. The van der Waals surface area contributed by atoms with Crippen molar-refractivity contribution in [3.05, 3.63) is 0 Å². The molecule has 3 amide bonds. The molecule has 13 nitrogen and oxygen atoms in total. The number of carbonyl (C=O) groups is 5. The molecule has 31 heavy (non-hydrogen) atoms. The van der Waals surface area contributed by atoms with Crippen molar-refractivity contribution in [2.24, 2.45) is 11.5 Å². The van der Waals surface area contributed by atoms with Crippen molar-refractivity contribution in [3.8, 4) is 0 Å². The zero-order chi connectivity index (χ0) is 24.1. The monoisotopic (exact) mass is 465 g/mol. The van der Waals surface area contributed by atoms with Gasteiger partial charge < -0.3 is 42.7 Å². The summed E-state index contributed by atoms with van der Waals surface area (Å²) in [6, 6.07) is -5.51. The molecule has 0 rings (SSSR count). The molecule has 178 valence electrons. The van der Waals surface area contributed by atoms with Crippen LogP contribution in [0.15, 0.2) is 0 Å². The summed E-state index contributed by atoms with van der Waals surface area (Å²) in [4.78, 5) is 59.3. The first-order valence-electron chi connectivity index (χ1n) is 9.54. The molecule has 0 aliphatic carbocycles. The van der Waals surface area contributed by atoms with E-state index >= 15 is 0 Å². The van der Waals surface area contributed by atoms with Crippen LogP contribution in [0.25, 0.3) is 0 Å². The summed E-state index contributed by atoms with van der Waals surface area (Å²) in [6.45, 7) is 1.62. The van der Waals surface area contributed by atoms with Gasteiger partial charge in [0.25, 0.3) is 0 Å². The number of hydrogen-bond donors (Lipinski definition) is 9. The predicted octanol–water partition coefficient (Wildman–Crippen LogP) is -3.23. The third-order valence-corrected chi connectivity index (χ3v) is 4.58. The summed E-state index contributed by atoms with van der Waals surface area (Å²) in [5.41, 5.74) is 10.8. The molecule has 0 bridgehead atoms. The summed E-state index contributed by atoms with van der Waals surface area (Å²) in [5.74, 6) is -5.76. The molecule has 0 aliphatic heterocycles. The Morgan fingerprint density at radius 3 is 1.87 bits per heavy atom. The second kappa shape index (κ2) is 14.6. The fourth-order valence-electron chi connectivity index (χ4n) is 2.36. The van der Waals surface area contributed by atoms with E-state index in [4.69, 9.17) is 16.6 Å². The molecule has 5 atom stereocenters. The number of aliphatic hydroxyl groups excluding tert-OH is 1. The molecule has 0 aromatic heterocycles. The number of nitrogens with two attached hydrogens (primary N) is 2. The van der Waals surface area contributed by atoms with Crippen molar-refractivity contribution in [3.63, 3.8) is 0 Å². The van der Waals surface area contributed by atoms with E-state index in [2.05, 4.69) is 28.6 Å². The number of aliphatic carboxylic acids is 2. The Labute approximate surface area is 184 Å². The number of thiol groups is 1. The largest absolute Gasteiger partial charge is 0.481 e. The minimum Gasteiger partial charge on any atom is -0.481 e. The van der Waals surface area contributed by atoms with Gasteiger partial charge in [0.05, 0.1) is 12.5 Å². The van der Waals surface area contributed by atoms with Crippen LogP contribution in [0.5, 0.6) is 0 Å². The van der Waals surface area contributed by atoms with E-state index in [0.717, 1.165) is 0 Å². The lowest BCUT2D eigenvalue weighted by Crippen LogP contribution is -2.59. The lowest BCUT2D eigenvalue weighted by molar-refractivity contribution is -0.143. The first-order chi connectivity index (χ1) is 14.4. The Bertz CT molecular complexity index is 648. The fourth-order valence-corrected chi connectivity index (χ4v) is 2.62. The average molecular weight is 466 g/mol. The van der Waals surface area contributed by atoms with Crippen molar-refractivity contribution in [2.45, 2.75) is 62.9 Å². The van der Waals surface area contributed by atoms with E-state index in [-0.39, 0.29) is 12.2 Å². The van der Waals surface area contributed by atoms with Gasteiger partial charge in [-0.3, -0.25) is 19.2 Å². The minimum atomic E-state index is -1.61. The van der Waals surface area contributed by atoms with Crippen molar-refractivity contribution in [1.82, 2.24) is 16.0 Å². The molecule has 0 aromatic rings. The number of carbonyl (C=O) groups excluding carboxylic acids is 3. The fraction of sp³-hybridized carbons (Fsp3) is 0.706. The molecule has 0 saturated carbocycles. The summed E-state index contributed by atoms with van der Waals surface area (Å²) in [7, 11) is 0. The van der Waals surface area contributed by atoms with Gasteiger partial charge in [0.1, 0.15) is 24.2 Å². The number of hydrogen-bond acceptors (Lipinski definition) is 9. The van der Waals surface area contributed by atoms with Crippen LogP contribution >= 0.6 is 12.6 Å². The van der Waals surface area contributed by atoms with E-state index in [9.17, 15) is 34.2 Å². The Morgan fingerprint density at radius 2 is 1.42 bits per heavy atom. The number of carboxylic acids is 2. The smallest absolute Gasteiger partial charge is 0.326 e. The zero-order valence-corrected chi connectivity index (χ0v) is 18.0. The second-order valence-electron chi connectivity index (χ2n) is 6.85. The third kappa shape index (κ3) is 11.0. The molecule has 0 spiro atoms. The molecule has 10 N–H and O–H groups in total. The highest BCUT2D eigenvalue weighted by molar-refractivity contribution is 7.80. The quantitative estimate of drug-likeness (QED) is 0.0865. The molecule has 5 unspecified atom stereocenters. The Balaban J connectivity index is 5.25. The molecular formula is C17H31N5O8S. The molecule has 0 radical (unpaired) electrons. The second-order valence-corrected chi connectivity index (χ2v) is 7.22. The van der Waals surface area contributed by atoms with Gasteiger partial charge in [-0.2, -0.15) is 12.6 Å². The van der Waals surface area contributed by atoms with Crippen molar-refractivity contribution < 1.29 is 39.3 Å². The topological polar surface area (TPSA) is 234 Å².